The van der Waals surface area contributed by atoms with Gasteiger partial charge >= 0.3 is 0 Å². The summed E-state index contributed by atoms with van der Waals surface area (Å²) in [6, 6.07) is 8.21. The monoisotopic (exact) mass is 297 g/mol. The second-order valence-electron chi connectivity index (χ2n) is 5.32. The molecule has 1 aromatic carbocycles. The lowest BCUT2D eigenvalue weighted by atomic mass is 9.82. The number of hydrogen-bond acceptors (Lipinski definition) is 3. The predicted molar refractivity (Wildman–Crippen MR) is 82.3 cm³/mol. The van der Waals surface area contributed by atoms with Crippen molar-refractivity contribution in [3.63, 3.8) is 0 Å². The second-order valence-corrected chi connectivity index (χ2v) is 5.76. The Kier molecular flexibility index (Phi) is 5.85. The van der Waals surface area contributed by atoms with Gasteiger partial charge in [0.05, 0.1) is 11.6 Å². The van der Waals surface area contributed by atoms with E-state index < -0.39 is 0 Å². The molecule has 1 heterocycles. The van der Waals surface area contributed by atoms with E-state index >= 15 is 0 Å². The van der Waals surface area contributed by atoms with Crippen LogP contribution in [-0.2, 0) is 9.47 Å². The van der Waals surface area contributed by atoms with Gasteiger partial charge < -0.3 is 14.8 Å². The van der Waals surface area contributed by atoms with Crippen LogP contribution in [0.25, 0.3) is 0 Å². The summed E-state index contributed by atoms with van der Waals surface area (Å²) in [4.78, 5) is 0. The molecule has 0 spiro atoms. The van der Waals surface area contributed by atoms with Gasteiger partial charge in [0.15, 0.2) is 0 Å². The SMILES string of the molecule is CCCNC(c1cccc(Cl)c1)C1(OC)CCOCC1. The molecule has 1 N–H and O–H groups in total. The molecular formula is C16H24ClNO2. The molecule has 0 radical (unpaired) electrons. The Labute approximate surface area is 126 Å². The fourth-order valence-electron chi connectivity index (χ4n) is 2.91. The van der Waals surface area contributed by atoms with Crippen LogP contribution in [0.2, 0.25) is 5.02 Å². The van der Waals surface area contributed by atoms with Crippen molar-refractivity contribution < 1.29 is 9.47 Å². The molecule has 1 atom stereocenters. The summed E-state index contributed by atoms with van der Waals surface area (Å²) in [5, 5.41) is 4.40. The van der Waals surface area contributed by atoms with Gasteiger partial charge in [0, 0.05) is 38.2 Å². The van der Waals surface area contributed by atoms with E-state index in [1.807, 2.05) is 18.2 Å². The summed E-state index contributed by atoms with van der Waals surface area (Å²) in [5.74, 6) is 0. The van der Waals surface area contributed by atoms with E-state index in [9.17, 15) is 0 Å². The van der Waals surface area contributed by atoms with E-state index in [0.29, 0.717) is 0 Å². The molecule has 112 valence electrons. The lowest BCUT2D eigenvalue weighted by Gasteiger charge is -2.43. The maximum Gasteiger partial charge on any atom is 0.0916 e. The van der Waals surface area contributed by atoms with E-state index in [0.717, 1.165) is 44.0 Å². The highest BCUT2D eigenvalue weighted by molar-refractivity contribution is 6.30. The van der Waals surface area contributed by atoms with Crippen LogP contribution in [0.3, 0.4) is 0 Å². The lowest BCUT2D eigenvalue weighted by Crippen LogP contribution is -2.49. The van der Waals surface area contributed by atoms with Crippen molar-refractivity contribution in [1.82, 2.24) is 5.32 Å². The van der Waals surface area contributed by atoms with Crippen molar-refractivity contribution in [2.24, 2.45) is 0 Å². The summed E-state index contributed by atoms with van der Waals surface area (Å²) in [7, 11) is 1.80. The Balaban J connectivity index is 2.29. The summed E-state index contributed by atoms with van der Waals surface area (Å²) in [6.07, 6.45) is 2.89. The zero-order chi connectivity index (χ0) is 14.4. The normalized spacial score (nSPS) is 19.8. The molecule has 1 fully saturated rings. The van der Waals surface area contributed by atoms with E-state index in [-0.39, 0.29) is 11.6 Å². The standard InChI is InChI=1S/C16H24ClNO2/c1-3-9-18-15(13-5-4-6-14(17)12-13)16(19-2)7-10-20-11-8-16/h4-6,12,15,18H,3,7-11H2,1-2H3. The van der Waals surface area contributed by atoms with Crippen LogP contribution in [0.4, 0.5) is 0 Å². The molecule has 0 bridgehead atoms. The van der Waals surface area contributed by atoms with Gasteiger partial charge in [-0.2, -0.15) is 0 Å². The molecule has 1 saturated heterocycles. The maximum absolute atomic E-state index is 6.16. The third-order valence-corrected chi connectivity index (χ3v) is 4.29. The summed E-state index contributed by atoms with van der Waals surface area (Å²) in [5.41, 5.74) is 0.979. The molecule has 0 amide bonds. The molecule has 1 aromatic rings. The van der Waals surface area contributed by atoms with Crippen molar-refractivity contribution >= 4 is 11.6 Å². The van der Waals surface area contributed by atoms with Crippen molar-refractivity contribution in [2.75, 3.05) is 26.9 Å². The van der Waals surface area contributed by atoms with Gasteiger partial charge in [0.25, 0.3) is 0 Å². The van der Waals surface area contributed by atoms with Crippen LogP contribution in [0, 0.1) is 0 Å². The van der Waals surface area contributed by atoms with Crippen molar-refractivity contribution in [1.29, 1.82) is 0 Å². The Morgan fingerprint density at radius 3 is 2.75 bits per heavy atom. The molecule has 0 aliphatic carbocycles. The van der Waals surface area contributed by atoms with Gasteiger partial charge in [-0.15, -0.1) is 0 Å². The summed E-state index contributed by atoms with van der Waals surface area (Å²) < 4.78 is 11.5. The fraction of sp³-hybridized carbons (Fsp3) is 0.625. The minimum Gasteiger partial charge on any atom is -0.381 e. The van der Waals surface area contributed by atoms with E-state index in [1.165, 1.54) is 5.56 Å². The third-order valence-electron chi connectivity index (χ3n) is 4.05. The zero-order valence-corrected chi connectivity index (χ0v) is 13.1. The van der Waals surface area contributed by atoms with Crippen LogP contribution >= 0.6 is 11.6 Å². The van der Waals surface area contributed by atoms with Crippen molar-refractivity contribution in [3.05, 3.63) is 34.9 Å². The highest BCUT2D eigenvalue weighted by Gasteiger charge is 2.41. The molecule has 0 saturated carbocycles. The first-order chi connectivity index (χ1) is 9.72. The largest absolute Gasteiger partial charge is 0.381 e. The molecule has 1 aliphatic heterocycles. The number of methoxy groups -OCH3 is 1. The molecular weight excluding hydrogens is 274 g/mol. The first kappa shape index (κ1) is 15.8. The van der Waals surface area contributed by atoms with Gasteiger partial charge in [-0.3, -0.25) is 0 Å². The average Bonchev–Trinajstić information content (AvgIpc) is 2.48. The molecule has 4 heteroatoms. The summed E-state index contributed by atoms with van der Waals surface area (Å²) in [6.45, 7) is 4.63. The van der Waals surface area contributed by atoms with Crippen LogP contribution in [0.5, 0.6) is 0 Å². The van der Waals surface area contributed by atoms with E-state index in [1.54, 1.807) is 7.11 Å². The Hall–Kier alpha value is -0.610. The number of hydrogen-bond donors (Lipinski definition) is 1. The number of rotatable bonds is 6. The molecule has 3 nitrogen and oxygen atoms in total. The fourth-order valence-corrected chi connectivity index (χ4v) is 3.11. The third kappa shape index (κ3) is 3.53. The minimum atomic E-state index is -0.210. The highest BCUT2D eigenvalue weighted by Crippen LogP contribution is 2.38. The number of halogens is 1. The Morgan fingerprint density at radius 2 is 2.15 bits per heavy atom. The smallest absolute Gasteiger partial charge is 0.0916 e. The Morgan fingerprint density at radius 1 is 1.40 bits per heavy atom. The van der Waals surface area contributed by atoms with Crippen molar-refractivity contribution in [2.45, 2.75) is 37.8 Å². The molecule has 20 heavy (non-hydrogen) atoms. The predicted octanol–water partition coefficient (Wildman–Crippen LogP) is 3.58. The van der Waals surface area contributed by atoms with Crippen molar-refractivity contribution in [3.8, 4) is 0 Å². The average molecular weight is 298 g/mol. The topological polar surface area (TPSA) is 30.5 Å². The van der Waals surface area contributed by atoms with E-state index in [4.69, 9.17) is 21.1 Å². The van der Waals surface area contributed by atoms with Crippen LogP contribution in [0.1, 0.15) is 37.8 Å². The quantitative estimate of drug-likeness (QED) is 0.870. The van der Waals surface area contributed by atoms with Gasteiger partial charge in [0.1, 0.15) is 0 Å². The first-order valence-electron chi connectivity index (χ1n) is 7.33. The highest BCUT2D eigenvalue weighted by atomic mass is 35.5. The molecule has 1 aliphatic rings. The zero-order valence-electron chi connectivity index (χ0n) is 12.3. The van der Waals surface area contributed by atoms with Gasteiger partial charge in [-0.05, 0) is 30.7 Å². The molecule has 1 unspecified atom stereocenters. The number of nitrogens with one attached hydrogen (secondary N) is 1. The van der Waals surface area contributed by atoms with Gasteiger partial charge in [-0.25, -0.2) is 0 Å². The lowest BCUT2D eigenvalue weighted by molar-refractivity contribution is -0.111. The van der Waals surface area contributed by atoms with Crippen LogP contribution < -0.4 is 5.32 Å². The molecule has 0 aromatic heterocycles. The van der Waals surface area contributed by atoms with Crippen LogP contribution in [-0.4, -0.2) is 32.5 Å². The maximum atomic E-state index is 6.16. The van der Waals surface area contributed by atoms with E-state index in [2.05, 4.69) is 18.3 Å². The summed E-state index contributed by atoms with van der Waals surface area (Å²) >= 11 is 6.16. The minimum absolute atomic E-state index is 0.148. The van der Waals surface area contributed by atoms with Gasteiger partial charge in [-0.1, -0.05) is 30.7 Å². The molecule has 2 rings (SSSR count). The first-order valence-corrected chi connectivity index (χ1v) is 7.71. The number of ether oxygens (including phenoxy) is 2. The van der Waals surface area contributed by atoms with Crippen LogP contribution in [0.15, 0.2) is 24.3 Å². The van der Waals surface area contributed by atoms with Gasteiger partial charge in [0.2, 0.25) is 0 Å². The number of benzene rings is 1. The second kappa shape index (κ2) is 7.41. The Bertz CT molecular complexity index is 419.